The molecule has 2 aromatic rings. The normalized spacial score (nSPS) is 10.6. The Morgan fingerprint density at radius 2 is 2.31 bits per heavy atom. The average molecular weight is 316 g/mol. The molecule has 1 heterocycles. The van der Waals surface area contributed by atoms with Gasteiger partial charge in [0.15, 0.2) is 4.34 Å². The van der Waals surface area contributed by atoms with Gasteiger partial charge in [0.1, 0.15) is 6.33 Å². The molecule has 0 radical (unpaired) electrons. The van der Waals surface area contributed by atoms with Crippen molar-refractivity contribution in [3.8, 4) is 0 Å². The topological polar surface area (TPSA) is 51.8 Å². The molecule has 0 amide bonds. The Morgan fingerprint density at radius 3 is 2.94 bits per heavy atom. The Balaban J connectivity index is 2.16. The molecule has 2 rings (SSSR count). The molecular formula is C10H10BrN3S2. The van der Waals surface area contributed by atoms with E-state index < -0.39 is 0 Å². The summed E-state index contributed by atoms with van der Waals surface area (Å²) < 4.78 is 6.01. The van der Waals surface area contributed by atoms with Crippen LogP contribution in [0.5, 0.6) is 0 Å². The molecule has 2 N–H and O–H groups in total. The number of nitrogens with two attached hydrogens (primary N) is 1. The molecule has 0 bridgehead atoms. The molecule has 16 heavy (non-hydrogen) atoms. The van der Waals surface area contributed by atoms with Crippen molar-refractivity contribution in [2.75, 3.05) is 6.54 Å². The molecule has 84 valence electrons. The monoisotopic (exact) mass is 315 g/mol. The van der Waals surface area contributed by atoms with Crippen LogP contribution in [0.25, 0.3) is 0 Å². The van der Waals surface area contributed by atoms with E-state index in [0.29, 0.717) is 6.54 Å². The minimum Gasteiger partial charge on any atom is -0.330 e. The highest BCUT2D eigenvalue weighted by atomic mass is 79.9. The van der Waals surface area contributed by atoms with Gasteiger partial charge in [-0.05, 0) is 58.1 Å². The van der Waals surface area contributed by atoms with Crippen LogP contribution in [0.15, 0.2) is 38.2 Å². The van der Waals surface area contributed by atoms with Crippen molar-refractivity contribution in [3.05, 3.63) is 34.6 Å². The second kappa shape index (κ2) is 5.77. The zero-order chi connectivity index (χ0) is 11.4. The standard InChI is InChI=1S/C10H10BrN3S2/c11-8-5-7(3-4-12)1-2-9(8)15-10-13-6-14-16-10/h1-2,5-6H,3-4,12H2. The van der Waals surface area contributed by atoms with Crippen LogP contribution in [0.3, 0.4) is 0 Å². The van der Waals surface area contributed by atoms with E-state index in [1.165, 1.54) is 17.1 Å². The van der Waals surface area contributed by atoms with Gasteiger partial charge in [-0.3, -0.25) is 0 Å². The van der Waals surface area contributed by atoms with Crippen LogP contribution in [-0.2, 0) is 6.42 Å². The molecule has 0 saturated carbocycles. The van der Waals surface area contributed by atoms with Crippen molar-refractivity contribution in [2.24, 2.45) is 5.73 Å². The Bertz CT molecular complexity index is 459. The number of nitrogens with zero attached hydrogens (tertiary/aromatic N) is 2. The molecule has 0 unspecified atom stereocenters. The lowest BCUT2D eigenvalue weighted by Crippen LogP contribution is -2.02. The first-order valence-corrected chi connectivity index (χ1v) is 7.11. The SMILES string of the molecule is NCCc1ccc(Sc2ncns2)c(Br)c1. The number of aromatic nitrogens is 2. The van der Waals surface area contributed by atoms with Gasteiger partial charge in [-0.25, -0.2) is 4.98 Å². The Morgan fingerprint density at radius 1 is 1.44 bits per heavy atom. The Kier molecular flexibility index (Phi) is 4.34. The van der Waals surface area contributed by atoms with Crippen molar-refractivity contribution in [1.29, 1.82) is 0 Å². The van der Waals surface area contributed by atoms with E-state index in [1.54, 1.807) is 18.1 Å². The molecule has 0 aliphatic heterocycles. The number of rotatable bonds is 4. The predicted octanol–water partition coefficient (Wildman–Crippen LogP) is 2.95. The predicted molar refractivity (Wildman–Crippen MR) is 70.9 cm³/mol. The summed E-state index contributed by atoms with van der Waals surface area (Å²) in [5, 5.41) is 0. The largest absolute Gasteiger partial charge is 0.330 e. The van der Waals surface area contributed by atoms with Crippen LogP contribution < -0.4 is 5.73 Å². The Hall–Kier alpha value is -0.430. The fraction of sp³-hybridized carbons (Fsp3) is 0.200. The highest BCUT2D eigenvalue weighted by Gasteiger charge is 2.05. The van der Waals surface area contributed by atoms with Crippen molar-refractivity contribution in [3.63, 3.8) is 0 Å². The lowest BCUT2D eigenvalue weighted by Gasteiger charge is -2.04. The van der Waals surface area contributed by atoms with Gasteiger partial charge in [-0.2, -0.15) is 4.37 Å². The fourth-order valence-electron chi connectivity index (χ4n) is 1.25. The molecular weight excluding hydrogens is 306 g/mol. The van der Waals surface area contributed by atoms with E-state index in [9.17, 15) is 0 Å². The molecule has 0 spiro atoms. The van der Waals surface area contributed by atoms with Gasteiger partial charge < -0.3 is 5.73 Å². The summed E-state index contributed by atoms with van der Waals surface area (Å²) in [7, 11) is 0. The van der Waals surface area contributed by atoms with Gasteiger partial charge in [0.25, 0.3) is 0 Å². The highest BCUT2D eigenvalue weighted by Crippen LogP contribution is 2.34. The van der Waals surface area contributed by atoms with Gasteiger partial charge >= 0.3 is 0 Å². The molecule has 0 saturated heterocycles. The minimum atomic E-state index is 0.676. The average Bonchev–Trinajstić information content (AvgIpc) is 2.75. The maximum atomic E-state index is 5.52. The van der Waals surface area contributed by atoms with Crippen LogP contribution in [0, 0.1) is 0 Å². The summed E-state index contributed by atoms with van der Waals surface area (Å²) >= 11 is 6.57. The van der Waals surface area contributed by atoms with Gasteiger partial charge in [0.2, 0.25) is 0 Å². The zero-order valence-corrected chi connectivity index (χ0v) is 11.6. The first-order valence-electron chi connectivity index (χ1n) is 4.72. The van der Waals surface area contributed by atoms with E-state index in [4.69, 9.17) is 5.73 Å². The smallest absolute Gasteiger partial charge is 0.174 e. The second-order valence-electron chi connectivity index (χ2n) is 3.11. The van der Waals surface area contributed by atoms with Crippen molar-refractivity contribution < 1.29 is 0 Å². The third kappa shape index (κ3) is 3.04. The number of benzene rings is 1. The number of hydrogen-bond donors (Lipinski definition) is 1. The second-order valence-corrected chi connectivity index (χ2v) is 6.04. The zero-order valence-electron chi connectivity index (χ0n) is 8.39. The van der Waals surface area contributed by atoms with Gasteiger partial charge in [0, 0.05) is 9.37 Å². The fourth-order valence-corrected chi connectivity index (χ4v) is 3.33. The molecule has 1 aromatic heterocycles. The van der Waals surface area contributed by atoms with E-state index in [-0.39, 0.29) is 0 Å². The van der Waals surface area contributed by atoms with E-state index in [0.717, 1.165) is 20.1 Å². The molecule has 6 heteroatoms. The molecule has 0 atom stereocenters. The summed E-state index contributed by atoms with van der Waals surface area (Å²) in [4.78, 5) is 5.29. The van der Waals surface area contributed by atoms with Crippen molar-refractivity contribution in [1.82, 2.24) is 9.36 Å². The van der Waals surface area contributed by atoms with Gasteiger partial charge in [0.05, 0.1) is 0 Å². The Labute approximate surface area is 111 Å². The lowest BCUT2D eigenvalue weighted by molar-refractivity contribution is 0.965. The summed E-state index contributed by atoms with van der Waals surface area (Å²) in [6, 6.07) is 6.29. The minimum absolute atomic E-state index is 0.676. The van der Waals surface area contributed by atoms with Crippen molar-refractivity contribution in [2.45, 2.75) is 15.7 Å². The number of halogens is 1. The first kappa shape index (κ1) is 12.0. The third-order valence-corrected chi connectivity index (χ3v) is 4.68. The van der Waals surface area contributed by atoms with Crippen LogP contribution in [0.1, 0.15) is 5.56 Å². The van der Waals surface area contributed by atoms with Gasteiger partial charge in [-0.1, -0.05) is 17.8 Å². The maximum absolute atomic E-state index is 5.52. The van der Waals surface area contributed by atoms with Crippen LogP contribution >= 0.6 is 39.2 Å². The molecule has 1 aromatic carbocycles. The van der Waals surface area contributed by atoms with E-state index in [2.05, 4.69) is 43.5 Å². The van der Waals surface area contributed by atoms with E-state index >= 15 is 0 Å². The van der Waals surface area contributed by atoms with Crippen LogP contribution in [0.4, 0.5) is 0 Å². The van der Waals surface area contributed by atoms with E-state index in [1.807, 2.05) is 0 Å². The maximum Gasteiger partial charge on any atom is 0.174 e. The van der Waals surface area contributed by atoms with Crippen molar-refractivity contribution >= 4 is 39.2 Å². The molecule has 3 nitrogen and oxygen atoms in total. The quantitative estimate of drug-likeness (QED) is 0.942. The molecule has 0 aliphatic carbocycles. The molecule has 0 aliphatic rings. The highest BCUT2D eigenvalue weighted by molar-refractivity contribution is 9.10. The van der Waals surface area contributed by atoms with Gasteiger partial charge in [-0.15, -0.1) is 0 Å². The first-order chi connectivity index (χ1) is 7.79. The summed E-state index contributed by atoms with van der Waals surface area (Å²) in [5.41, 5.74) is 6.77. The third-order valence-electron chi connectivity index (χ3n) is 1.97. The summed E-state index contributed by atoms with van der Waals surface area (Å²) in [6.07, 6.45) is 2.48. The molecule has 0 fully saturated rings. The van der Waals surface area contributed by atoms with Crippen LogP contribution in [-0.4, -0.2) is 15.9 Å². The lowest BCUT2D eigenvalue weighted by atomic mass is 10.2. The summed E-state index contributed by atoms with van der Waals surface area (Å²) in [6.45, 7) is 0.676. The summed E-state index contributed by atoms with van der Waals surface area (Å²) in [5.74, 6) is 0. The van der Waals surface area contributed by atoms with Crippen LogP contribution in [0.2, 0.25) is 0 Å². The number of hydrogen-bond acceptors (Lipinski definition) is 5.